The molecule has 1 atom stereocenters. The SMILES string of the molecule is CNC(=O)c1ccc(-c2ccc(OC)c(S(=O)(=O)N[C@H](Cc3c[nH]c4ccccc34)C(C)(C)O)c2)cc1Cl. The standard InChI is InChI=1S/C28H30ClN3O5S/c1-28(2,34)26(15-19-16-31-23-8-6-5-7-20(19)23)32-38(35,36)25-14-18(10-12-24(25)37-4)17-9-11-21(22(29)13-17)27(33)30-3/h5-14,16,26,31-32,34H,15H2,1-4H3,(H,30,33)/t26-/m1/s1. The van der Waals surface area contributed by atoms with Crippen molar-refractivity contribution in [2.75, 3.05) is 14.2 Å². The van der Waals surface area contributed by atoms with Crippen LogP contribution in [-0.2, 0) is 16.4 Å². The predicted octanol–water partition coefficient (Wildman–Crippen LogP) is 4.52. The number of rotatable bonds is 9. The molecule has 0 saturated heterocycles. The summed E-state index contributed by atoms with van der Waals surface area (Å²) < 4.78 is 35.5. The molecular formula is C28H30ClN3O5S. The molecule has 3 aromatic carbocycles. The second-order valence-corrected chi connectivity index (χ2v) is 11.6. The Hall–Kier alpha value is -3.37. The smallest absolute Gasteiger partial charge is 0.252 e. The van der Waals surface area contributed by atoms with Gasteiger partial charge in [0.15, 0.2) is 0 Å². The molecule has 38 heavy (non-hydrogen) atoms. The lowest BCUT2D eigenvalue weighted by atomic mass is 9.93. The number of sulfonamides is 1. The highest BCUT2D eigenvalue weighted by molar-refractivity contribution is 7.89. The number of fused-ring (bicyclic) bond motifs is 1. The van der Waals surface area contributed by atoms with Gasteiger partial charge >= 0.3 is 0 Å². The fraction of sp³-hybridized carbons (Fsp3) is 0.250. The number of aromatic amines is 1. The number of hydrogen-bond donors (Lipinski definition) is 4. The number of hydrogen-bond acceptors (Lipinski definition) is 5. The minimum atomic E-state index is -4.15. The van der Waals surface area contributed by atoms with E-state index in [9.17, 15) is 18.3 Å². The number of methoxy groups -OCH3 is 1. The van der Waals surface area contributed by atoms with E-state index in [4.69, 9.17) is 16.3 Å². The molecule has 10 heteroatoms. The lowest BCUT2D eigenvalue weighted by Gasteiger charge is -2.30. The Balaban J connectivity index is 1.70. The van der Waals surface area contributed by atoms with Gasteiger partial charge in [0.1, 0.15) is 10.6 Å². The molecule has 0 fully saturated rings. The zero-order valence-corrected chi connectivity index (χ0v) is 23.1. The summed E-state index contributed by atoms with van der Waals surface area (Å²) in [5.74, 6) is -0.174. The number of aromatic nitrogens is 1. The van der Waals surface area contributed by atoms with Crippen LogP contribution in [0.1, 0.15) is 29.8 Å². The lowest BCUT2D eigenvalue weighted by molar-refractivity contribution is 0.0461. The van der Waals surface area contributed by atoms with Gasteiger partial charge in [0.25, 0.3) is 5.91 Å². The summed E-state index contributed by atoms with van der Waals surface area (Å²) in [6, 6.07) is 16.5. The first-order valence-electron chi connectivity index (χ1n) is 11.9. The van der Waals surface area contributed by atoms with Crippen molar-refractivity contribution in [3.8, 4) is 16.9 Å². The number of benzene rings is 3. The van der Waals surface area contributed by atoms with Crippen LogP contribution in [0.2, 0.25) is 5.02 Å². The van der Waals surface area contributed by atoms with E-state index in [1.807, 2.05) is 30.5 Å². The minimum Gasteiger partial charge on any atom is -0.495 e. The maximum absolute atomic E-state index is 13.7. The van der Waals surface area contributed by atoms with E-state index in [1.54, 1.807) is 44.2 Å². The summed E-state index contributed by atoms with van der Waals surface area (Å²) in [5, 5.41) is 14.6. The van der Waals surface area contributed by atoms with E-state index < -0.39 is 21.7 Å². The normalized spacial score (nSPS) is 12.9. The maximum atomic E-state index is 13.7. The summed E-state index contributed by atoms with van der Waals surface area (Å²) in [7, 11) is -1.25. The maximum Gasteiger partial charge on any atom is 0.252 e. The van der Waals surface area contributed by atoms with E-state index >= 15 is 0 Å². The van der Waals surface area contributed by atoms with Crippen molar-refractivity contribution in [1.29, 1.82) is 0 Å². The van der Waals surface area contributed by atoms with Crippen molar-refractivity contribution in [1.82, 2.24) is 15.0 Å². The van der Waals surface area contributed by atoms with Gasteiger partial charge in [-0.2, -0.15) is 0 Å². The van der Waals surface area contributed by atoms with Crippen LogP contribution in [0.5, 0.6) is 5.75 Å². The topological polar surface area (TPSA) is 121 Å². The summed E-state index contributed by atoms with van der Waals surface area (Å²) in [6.45, 7) is 3.14. The Labute approximate surface area is 227 Å². The van der Waals surface area contributed by atoms with Gasteiger partial charge in [-0.05, 0) is 67.3 Å². The van der Waals surface area contributed by atoms with Crippen LogP contribution in [0, 0.1) is 0 Å². The second-order valence-electron chi connectivity index (χ2n) is 9.53. The summed E-state index contributed by atoms with van der Waals surface area (Å²) in [4.78, 5) is 15.1. The Bertz CT molecular complexity index is 1590. The number of nitrogens with one attached hydrogen (secondary N) is 3. The number of ether oxygens (including phenoxy) is 1. The van der Waals surface area contributed by atoms with Gasteiger partial charge < -0.3 is 20.1 Å². The molecule has 4 N–H and O–H groups in total. The summed E-state index contributed by atoms with van der Waals surface area (Å²) >= 11 is 6.32. The number of para-hydroxylation sites is 1. The Kier molecular flexibility index (Phi) is 7.85. The third-order valence-electron chi connectivity index (χ3n) is 6.48. The van der Waals surface area contributed by atoms with Crippen LogP contribution in [0.15, 0.2) is 71.8 Å². The molecule has 0 aliphatic heterocycles. The fourth-order valence-electron chi connectivity index (χ4n) is 4.29. The van der Waals surface area contributed by atoms with Gasteiger partial charge in [-0.1, -0.05) is 41.9 Å². The summed E-state index contributed by atoms with van der Waals surface area (Å²) in [5.41, 5.74) is 1.93. The molecule has 0 aliphatic rings. The third-order valence-corrected chi connectivity index (χ3v) is 8.28. The van der Waals surface area contributed by atoms with E-state index in [0.717, 1.165) is 16.5 Å². The first-order valence-corrected chi connectivity index (χ1v) is 13.8. The van der Waals surface area contributed by atoms with Crippen molar-refractivity contribution in [2.24, 2.45) is 0 Å². The third kappa shape index (κ3) is 5.71. The van der Waals surface area contributed by atoms with Crippen molar-refractivity contribution in [3.63, 3.8) is 0 Å². The number of carbonyl (C=O) groups is 1. The molecule has 0 bridgehead atoms. The number of amides is 1. The van der Waals surface area contributed by atoms with Crippen molar-refractivity contribution >= 4 is 38.4 Å². The van der Waals surface area contributed by atoms with Crippen LogP contribution in [-0.4, -0.2) is 50.2 Å². The van der Waals surface area contributed by atoms with Crippen molar-refractivity contribution in [2.45, 2.75) is 36.8 Å². The zero-order chi connectivity index (χ0) is 27.7. The average molecular weight is 556 g/mol. The van der Waals surface area contributed by atoms with Gasteiger partial charge in [-0.3, -0.25) is 4.79 Å². The molecule has 0 unspecified atom stereocenters. The molecule has 0 saturated carbocycles. The van der Waals surface area contributed by atoms with Crippen LogP contribution in [0.4, 0.5) is 0 Å². The molecule has 1 aromatic heterocycles. The van der Waals surface area contributed by atoms with Gasteiger partial charge in [-0.15, -0.1) is 0 Å². The monoisotopic (exact) mass is 555 g/mol. The second kappa shape index (κ2) is 10.8. The molecule has 1 amide bonds. The summed E-state index contributed by atoms with van der Waals surface area (Å²) in [6.07, 6.45) is 2.08. The molecule has 8 nitrogen and oxygen atoms in total. The molecule has 0 aliphatic carbocycles. The van der Waals surface area contributed by atoms with Crippen molar-refractivity contribution in [3.05, 3.63) is 83.0 Å². The molecular weight excluding hydrogens is 526 g/mol. The number of aliphatic hydroxyl groups is 1. The number of H-pyrrole nitrogens is 1. The highest BCUT2D eigenvalue weighted by Crippen LogP contribution is 2.33. The number of halogens is 1. The van der Waals surface area contributed by atoms with Gasteiger partial charge in [0, 0.05) is 24.1 Å². The Morgan fingerprint density at radius 1 is 1.11 bits per heavy atom. The van der Waals surface area contributed by atoms with Gasteiger partial charge in [0.2, 0.25) is 10.0 Å². The van der Waals surface area contributed by atoms with Crippen LogP contribution in [0.25, 0.3) is 22.0 Å². The van der Waals surface area contributed by atoms with Crippen LogP contribution in [0.3, 0.4) is 0 Å². The molecule has 4 aromatic rings. The first-order chi connectivity index (χ1) is 17.9. The van der Waals surface area contributed by atoms with E-state index in [1.165, 1.54) is 20.2 Å². The van der Waals surface area contributed by atoms with Gasteiger partial charge in [0.05, 0.1) is 29.3 Å². The first kappa shape index (κ1) is 27.7. The highest BCUT2D eigenvalue weighted by atomic mass is 35.5. The molecule has 0 spiro atoms. The Morgan fingerprint density at radius 3 is 2.45 bits per heavy atom. The highest BCUT2D eigenvalue weighted by Gasteiger charge is 2.33. The largest absolute Gasteiger partial charge is 0.495 e. The molecule has 200 valence electrons. The Morgan fingerprint density at radius 2 is 1.79 bits per heavy atom. The minimum absolute atomic E-state index is 0.0859. The number of carbonyl (C=O) groups excluding carboxylic acids is 1. The van der Waals surface area contributed by atoms with E-state index in [0.29, 0.717) is 16.7 Å². The van der Waals surface area contributed by atoms with Crippen LogP contribution < -0.4 is 14.8 Å². The average Bonchev–Trinajstić information content (AvgIpc) is 3.29. The van der Waals surface area contributed by atoms with Crippen LogP contribution >= 0.6 is 11.6 Å². The molecule has 4 rings (SSSR count). The molecule has 0 radical (unpaired) electrons. The predicted molar refractivity (Wildman–Crippen MR) is 149 cm³/mol. The lowest BCUT2D eigenvalue weighted by Crippen LogP contribution is -2.50. The van der Waals surface area contributed by atoms with E-state index in [-0.39, 0.29) is 28.0 Å². The van der Waals surface area contributed by atoms with Gasteiger partial charge in [-0.25, -0.2) is 13.1 Å². The fourth-order valence-corrected chi connectivity index (χ4v) is 6.12. The van der Waals surface area contributed by atoms with E-state index in [2.05, 4.69) is 15.0 Å². The van der Waals surface area contributed by atoms with Crippen molar-refractivity contribution < 1.29 is 23.1 Å². The molecule has 1 heterocycles. The zero-order valence-electron chi connectivity index (χ0n) is 21.5. The quantitative estimate of drug-likeness (QED) is 0.242.